The quantitative estimate of drug-likeness (QED) is 0.199. The third-order valence-electron chi connectivity index (χ3n) is 5.94. The summed E-state index contributed by atoms with van der Waals surface area (Å²) in [7, 11) is -0.286. The molecule has 0 spiro atoms. The van der Waals surface area contributed by atoms with Gasteiger partial charge in [0.25, 0.3) is 5.91 Å². The van der Waals surface area contributed by atoms with Crippen LogP contribution in [0.15, 0.2) is 102 Å². The van der Waals surface area contributed by atoms with Crippen molar-refractivity contribution in [1.82, 2.24) is 0 Å². The number of nitrogens with one attached hydrogen (secondary N) is 2. The van der Waals surface area contributed by atoms with Crippen molar-refractivity contribution in [2.45, 2.75) is 31.1 Å². The molecule has 0 aliphatic rings. The van der Waals surface area contributed by atoms with E-state index >= 15 is 0 Å². The summed E-state index contributed by atoms with van der Waals surface area (Å²) >= 11 is 0. The first kappa shape index (κ1) is 27.6. The summed E-state index contributed by atoms with van der Waals surface area (Å²) in [6.07, 6.45) is 3.27. The van der Waals surface area contributed by atoms with Gasteiger partial charge in [-0.3, -0.25) is 4.79 Å². The van der Waals surface area contributed by atoms with Crippen LogP contribution in [0.25, 0.3) is 0 Å². The second-order valence-electron chi connectivity index (χ2n) is 8.76. The topological polar surface area (TPSA) is 93.7 Å². The molecule has 0 aliphatic heterocycles. The highest BCUT2D eigenvalue weighted by Crippen LogP contribution is 2.29. The fourth-order valence-corrected chi connectivity index (χ4v) is 4.71. The highest BCUT2D eigenvalue weighted by Gasteiger charge is 2.16. The van der Waals surface area contributed by atoms with Crippen LogP contribution >= 0.6 is 0 Å². The van der Waals surface area contributed by atoms with E-state index in [4.69, 9.17) is 9.47 Å². The summed E-state index contributed by atoms with van der Waals surface area (Å²) in [5.74, 6) is 0.123. The molecule has 8 heteroatoms. The smallest absolute Gasteiger partial charge is 0.340 e. The fourth-order valence-electron chi connectivity index (χ4n) is 3.81. The molecule has 1 unspecified atom stereocenters. The molecule has 4 rings (SSSR count). The summed E-state index contributed by atoms with van der Waals surface area (Å²) in [6.45, 7) is 2.16. The predicted molar refractivity (Wildman–Crippen MR) is 154 cm³/mol. The van der Waals surface area contributed by atoms with Gasteiger partial charge in [0, 0.05) is 11.3 Å². The molecule has 0 bridgehead atoms. The minimum atomic E-state index is -1.57. The summed E-state index contributed by atoms with van der Waals surface area (Å²) in [4.78, 5) is 25.6. The minimum absolute atomic E-state index is 0.184. The van der Waals surface area contributed by atoms with Crippen molar-refractivity contribution >= 4 is 34.2 Å². The second kappa shape index (κ2) is 13.4. The van der Waals surface area contributed by atoms with Gasteiger partial charge in [-0.25, -0.2) is 9.00 Å². The molecule has 0 heterocycles. The number of esters is 1. The number of carbonyl (C=O) groups excluding carboxylic acids is 2. The average molecular weight is 543 g/mol. The fraction of sp³-hybridized carbons (Fsp3) is 0.161. The van der Waals surface area contributed by atoms with Crippen LogP contribution < -0.4 is 14.8 Å². The Morgan fingerprint density at radius 2 is 1.54 bits per heavy atom. The summed E-state index contributed by atoms with van der Waals surface area (Å²) in [5.41, 5.74) is 2.98. The van der Waals surface area contributed by atoms with Gasteiger partial charge < -0.3 is 19.5 Å². The maximum Gasteiger partial charge on any atom is 0.340 e. The van der Waals surface area contributed by atoms with Crippen LogP contribution in [0.4, 0.5) is 11.4 Å². The Hall–Kier alpha value is -4.43. The van der Waals surface area contributed by atoms with E-state index in [1.807, 2.05) is 30.3 Å². The monoisotopic (exact) mass is 542 g/mol. The van der Waals surface area contributed by atoms with E-state index in [1.54, 1.807) is 60.7 Å². The van der Waals surface area contributed by atoms with Crippen molar-refractivity contribution in [3.63, 3.8) is 0 Å². The van der Waals surface area contributed by atoms with E-state index in [-0.39, 0.29) is 11.5 Å². The van der Waals surface area contributed by atoms with E-state index < -0.39 is 17.0 Å². The maximum absolute atomic E-state index is 12.7. The summed E-state index contributed by atoms with van der Waals surface area (Å²) < 4.78 is 26.4. The summed E-state index contributed by atoms with van der Waals surface area (Å²) in [6, 6.07) is 28.2. The maximum atomic E-state index is 12.7. The van der Waals surface area contributed by atoms with Gasteiger partial charge >= 0.3 is 5.97 Å². The molecular formula is C31H30N2O5S. The molecule has 0 fully saturated rings. The average Bonchev–Trinajstić information content (AvgIpc) is 2.98. The van der Waals surface area contributed by atoms with Gasteiger partial charge in [0.1, 0.15) is 22.5 Å². The first-order valence-corrected chi connectivity index (χ1v) is 13.8. The van der Waals surface area contributed by atoms with Crippen molar-refractivity contribution in [1.29, 1.82) is 0 Å². The van der Waals surface area contributed by atoms with Crippen LogP contribution in [0.5, 0.6) is 11.5 Å². The van der Waals surface area contributed by atoms with E-state index in [0.717, 1.165) is 19.3 Å². The van der Waals surface area contributed by atoms with Crippen LogP contribution in [-0.2, 0) is 22.1 Å². The van der Waals surface area contributed by atoms with Crippen molar-refractivity contribution in [3.05, 3.63) is 114 Å². The first-order chi connectivity index (χ1) is 19.0. The standard InChI is InChI=1S/C31H30N2O5S/c1-3-4-8-22-11-13-23(14-12-22)30(34)32-24-15-17-25(18-16-24)38-26-19-20-29(28(21-26)31(35)37-2)33-39(36)27-9-6-5-7-10-27/h5-7,9-21,33H,3-4,8H2,1-2H3,(H,32,34). The molecule has 4 aromatic carbocycles. The van der Waals surface area contributed by atoms with Gasteiger partial charge in [0.05, 0.1) is 23.3 Å². The number of carbonyl (C=O) groups is 2. The van der Waals surface area contributed by atoms with Gasteiger partial charge in [0.15, 0.2) is 0 Å². The Kier molecular flexibility index (Phi) is 9.48. The van der Waals surface area contributed by atoms with Crippen molar-refractivity contribution in [2.24, 2.45) is 0 Å². The van der Waals surface area contributed by atoms with Crippen LogP contribution in [0, 0.1) is 0 Å². The normalized spacial score (nSPS) is 11.3. The zero-order chi connectivity index (χ0) is 27.6. The Bertz CT molecular complexity index is 1440. The number of unbranched alkanes of at least 4 members (excludes halogenated alkanes) is 1. The number of methoxy groups -OCH3 is 1. The number of aryl methyl sites for hydroxylation is 1. The number of benzene rings is 4. The third-order valence-corrected chi connectivity index (χ3v) is 7.04. The lowest BCUT2D eigenvalue weighted by molar-refractivity contribution is 0.0601. The minimum Gasteiger partial charge on any atom is -0.465 e. The van der Waals surface area contributed by atoms with Crippen LogP contribution in [0.2, 0.25) is 0 Å². The number of amides is 1. The largest absolute Gasteiger partial charge is 0.465 e. The molecular weight excluding hydrogens is 512 g/mol. The molecule has 2 N–H and O–H groups in total. The Morgan fingerprint density at radius 3 is 2.21 bits per heavy atom. The number of rotatable bonds is 11. The van der Waals surface area contributed by atoms with E-state index in [9.17, 15) is 13.8 Å². The molecule has 0 aliphatic carbocycles. The molecule has 39 heavy (non-hydrogen) atoms. The number of anilines is 2. The molecule has 1 amide bonds. The van der Waals surface area contributed by atoms with Crippen LogP contribution in [0.1, 0.15) is 46.0 Å². The van der Waals surface area contributed by atoms with E-state index in [0.29, 0.717) is 33.3 Å². The molecule has 7 nitrogen and oxygen atoms in total. The summed E-state index contributed by atoms with van der Waals surface area (Å²) in [5, 5.41) is 2.89. The van der Waals surface area contributed by atoms with Crippen molar-refractivity contribution in [2.75, 3.05) is 17.1 Å². The molecule has 4 aromatic rings. The Labute approximate surface area is 230 Å². The van der Waals surface area contributed by atoms with Gasteiger partial charge in [-0.2, -0.15) is 0 Å². The number of hydrogen-bond acceptors (Lipinski definition) is 5. The zero-order valence-electron chi connectivity index (χ0n) is 21.8. The Morgan fingerprint density at radius 1 is 0.846 bits per heavy atom. The highest BCUT2D eigenvalue weighted by atomic mass is 32.2. The molecule has 0 saturated carbocycles. The van der Waals surface area contributed by atoms with Crippen molar-refractivity contribution in [3.8, 4) is 11.5 Å². The van der Waals surface area contributed by atoms with Crippen molar-refractivity contribution < 1.29 is 23.3 Å². The molecule has 0 radical (unpaired) electrons. The predicted octanol–water partition coefficient (Wildman–Crippen LogP) is 7.00. The van der Waals surface area contributed by atoms with Gasteiger partial charge in [-0.05, 0) is 85.1 Å². The van der Waals surface area contributed by atoms with E-state index in [1.165, 1.54) is 18.7 Å². The molecule has 200 valence electrons. The molecule has 0 aromatic heterocycles. The molecule has 1 atom stereocenters. The lowest BCUT2D eigenvalue weighted by Crippen LogP contribution is -2.11. The zero-order valence-corrected chi connectivity index (χ0v) is 22.6. The molecule has 0 saturated heterocycles. The lowest BCUT2D eigenvalue weighted by Gasteiger charge is -2.13. The SMILES string of the molecule is CCCCc1ccc(C(=O)Nc2ccc(Oc3ccc(NS(=O)c4ccccc4)c(C(=O)OC)c3)cc2)cc1. The van der Waals surface area contributed by atoms with Crippen LogP contribution in [-0.4, -0.2) is 23.2 Å². The number of hydrogen-bond donors (Lipinski definition) is 2. The second-order valence-corrected chi connectivity index (χ2v) is 9.98. The highest BCUT2D eigenvalue weighted by molar-refractivity contribution is 7.86. The van der Waals surface area contributed by atoms with E-state index in [2.05, 4.69) is 17.0 Å². The van der Waals surface area contributed by atoms with Gasteiger partial charge in [0.2, 0.25) is 0 Å². The van der Waals surface area contributed by atoms with Gasteiger partial charge in [-0.15, -0.1) is 0 Å². The van der Waals surface area contributed by atoms with Gasteiger partial charge in [-0.1, -0.05) is 43.7 Å². The Balaban J connectivity index is 1.41. The third kappa shape index (κ3) is 7.55. The lowest BCUT2D eigenvalue weighted by atomic mass is 10.1. The number of ether oxygens (including phenoxy) is 2. The first-order valence-electron chi connectivity index (χ1n) is 12.6. The van der Waals surface area contributed by atoms with Crippen LogP contribution in [0.3, 0.4) is 0 Å².